The molecule has 0 heterocycles. The maximum Gasteiger partial charge on any atom is 0.471 e. The van der Waals surface area contributed by atoms with Crippen LogP contribution in [0.3, 0.4) is 0 Å². The van der Waals surface area contributed by atoms with Crippen molar-refractivity contribution in [2.75, 3.05) is 26.8 Å². The molecule has 0 aliphatic heterocycles. The van der Waals surface area contributed by atoms with Gasteiger partial charge >= 0.3 is 12.1 Å². The summed E-state index contributed by atoms with van der Waals surface area (Å²) >= 11 is 0. The van der Waals surface area contributed by atoms with Gasteiger partial charge < -0.3 is 9.64 Å². The summed E-state index contributed by atoms with van der Waals surface area (Å²) in [5.74, 6) is -1.24. The van der Waals surface area contributed by atoms with Crippen LogP contribution in [0.2, 0.25) is 0 Å². The molecular weight excluding hydrogens is 211 g/mol. The van der Waals surface area contributed by atoms with Gasteiger partial charge in [0.1, 0.15) is 0 Å². The SMILES string of the molecule is CN(CCOCC1CC1)C(=O)C(F)(F)F. The molecule has 0 aromatic heterocycles. The Morgan fingerprint density at radius 1 is 1.47 bits per heavy atom. The van der Waals surface area contributed by atoms with E-state index in [0.717, 1.165) is 19.9 Å². The third-order valence-electron chi connectivity index (χ3n) is 2.21. The van der Waals surface area contributed by atoms with Gasteiger partial charge in [0.15, 0.2) is 0 Å². The van der Waals surface area contributed by atoms with Gasteiger partial charge in [0.25, 0.3) is 0 Å². The number of amides is 1. The molecule has 0 saturated heterocycles. The summed E-state index contributed by atoms with van der Waals surface area (Å²) in [6.07, 6.45) is -2.51. The van der Waals surface area contributed by atoms with Gasteiger partial charge in [0.05, 0.1) is 6.61 Å². The summed E-state index contributed by atoms with van der Waals surface area (Å²) in [5, 5.41) is 0. The predicted octanol–water partition coefficient (Wildman–Crippen LogP) is 1.43. The highest BCUT2D eigenvalue weighted by atomic mass is 19.4. The number of rotatable bonds is 5. The molecule has 6 heteroatoms. The largest absolute Gasteiger partial charge is 0.471 e. The minimum Gasteiger partial charge on any atom is -0.379 e. The quantitative estimate of drug-likeness (QED) is 0.662. The Bertz CT molecular complexity index is 226. The van der Waals surface area contributed by atoms with E-state index in [4.69, 9.17) is 4.74 Å². The maximum atomic E-state index is 11.9. The first-order chi connectivity index (χ1) is 6.91. The monoisotopic (exact) mass is 225 g/mol. The fourth-order valence-corrected chi connectivity index (χ4v) is 1.05. The molecule has 0 spiro atoms. The van der Waals surface area contributed by atoms with Crippen LogP contribution in [-0.4, -0.2) is 43.8 Å². The molecule has 1 fully saturated rings. The number of likely N-dealkylation sites (N-methyl/N-ethyl adjacent to an activating group) is 1. The van der Waals surface area contributed by atoms with E-state index in [1.807, 2.05) is 0 Å². The zero-order valence-corrected chi connectivity index (χ0v) is 8.51. The molecular formula is C9H14F3NO2. The molecule has 0 N–H and O–H groups in total. The lowest BCUT2D eigenvalue weighted by Gasteiger charge is -2.18. The fourth-order valence-electron chi connectivity index (χ4n) is 1.05. The molecule has 3 nitrogen and oxygen atoms in total. The van der Waals surface area contributed by atoms with Crippen molar-refractivity contribution in [3.05, 3.63) is 0 Å². The van der Waals surface area contributed by atoms with Crippen molar-refractivity contribution in [1.82, 2.24) is 4.90 Å². The molecule has 1 rings (SSSR count). The van der Waals surface area contributed by atoms with E-state index in [0.29, 0.717) is 17.4 Å². The van der Waals surface area contributed by atoms with Gasteiger partial charge in [-0.2, -0.15) is 13.2 Å². The van der Waals surface area contributed by atoms with Gasteiger partial charge in [0.2, 0.25) is 0 Å². The summed E-state index contributed by atoms with van der Waals surface area (Å²) < 4.78 is 40.9. The van der Waals surface area contributed by atoms with Gasteiger partial charge in [-0.05, 0) is 18.8 Å². The minimum atomic E-state index is -4.79. The van der Waals surface area contributed by atoms with Crippen molar-refractivity contribution >= 4 is 5.91 Å². The molecule has 0 aromatic rings. The predicted molar refractivity (Wildman–Crippen MR) is 47.2 cm³/mol. The van der Waals surface area contributed by atoms with Crippen LogP contribution in [0.5, 0.6) is 0 Å². The number of hydrogen-bond acceptors (Lipinski definition) is 2. The fraction of sp³-hybridized carbons (Fsp3) is 0.889. The van der Waals surface area contributed by atoms with Crippen molar-refractivity contribution in [2.24, 2.45) is 5.92 Å². The molecule has 1 aliphatic carbocycles. The van der Waals surface area contributed by atoms with Crippen LogP contribution in [0.15, 0.2) is 0 Å². The number of ether oxygens (including phenoxy) is 1. The van der Waals surface area contributed by atoms with Crippen molar-refractivity contribution in [2.45, 2.75) is 19.0 Å². The van der Waals surface area contributed by atoms with Crippen LogP contribution < -0.4 is 0 Å². The number of nitrogens with zero attached hydrogens (tertiary/aromatic N) is 1. The third-order valence-corrected chi connectivity index (χ3v) is 2.21. The highest BCUT2D eigenvalue weighted by Crippen LogP contribution is 2.28. The second-order valence-electron chi connectivity index (χ2n) is 3.74. The Hall–Kier alpha value is -0.780. The Morgan fingerprint density at radius 3 is 2.53 bits per heavy atom. The lowest BCUT2D eigenvalue weighted by atomic mass is 10.4. The Kier molecular flexibility index (Phi) is 3.96. The van der Waals surface area contributed by atoms with Crippen molar-refractivity contribution in [3.63, 3.8) is 0 Å². The second-order valence-corrected chi connectivity index (χ2v) is 3.74. The third kappa shape index (κ3) is 4.51. The summed E-state index contributed by atoms with van der Waals surface area (Å²) in [6.45, 7) is 0.730. The van der Waals surface area contributed by atoms with Gasteiger partial charge in [-0.15, -0.1) is 0 Å². The Morgan fingerprint density at radius 2 is 2.07 bits per heavy atom. The molecule has 15 heavy (non-hydrogen) atoms. The van der Waals surface area contributed by atoms with E-state index in [1.54, 1.807) is 0 Å². The minimum absolute atomic E-state index is 0.0228. The normalized spacial score (nSPS) is 16.5. The smallest absolute Gasteiger partial charge is 0.379 e. The zero-order valence-electron chi connectivity index (χ0n) is 8.51. The first-order valence-electron chi connectivity index (χ1n) is 4.81. The second kappa shape index (κ2) is 4.83. The Labute approximate surface area is 86.2 Å². The number of carbonyl (C=O) groups is 1. The van der Waals surface area contributed by atoms with E-state index in [-0.39, 0.29) is 13.2 Å². The van der Waals surface area contributed by atoms with Crippen LogP contribution in [-0.2, 0) is 9.53 Å². The number of alkyl halides is 3. The Balaban J connectivity index is 2.11. The summed E-state index contributed by atoms with van der Waals surface area (Å²) in [6, 6.07) is 0. The summed E-state index contributed by atoms with van der Waals surface area (Å²) in [4.78, 5) is 11.3. The van der Waals surface area contributed by atoms with Gasteiger partial charge in [-0.25, -0.2) is 0 Å². The molecule has 0 radical (unpaired) electrons. The van der Waals surface area contributed by atoms with E-state index < -0.39 is 12.1 Å². The van der Waals surface area contributed by atoms with Crippen molar-refractivity contribution < 1.29 is 22.7 Å². The molecule has 1 aliphatic rings. The van der Waals surface area contributed by atoms with Gasteiger partial charge in [0, 0.05) is 20.2 Å². The molecule has 88 valence electrons. The number of halogens is 3. The zero-order chi connectivity index (χ0) is 11.5. The maximum absolute atomic E-state index is 11.9. The lowest BCUT2D eigenvalue weighted by Crippen LogP contribution is -2.40. The highest BCUT2D eigenvalue weighted by molar-refractivity contribution is 5.81. The average molecular weight is 225 g/mol. The van der Waals surface area contributed by atoms with Crippen LogP contribution in [0.1, 0.15) is 12.8 Å². The van der Waals surface area contributed by atoms with Crippen molar-refractivity contribution in [1.29, 1.82) is 0 Å². The lowest BCUT2D eigenvalue weighted by molar-refractivity contribution is -0.184. The molecule has 0 bridgehead atoms. The average Bonchev–Trinajstić information content (AvgIpc) is 2.93. The van der Waals surface area contributed by atoms with E-state index in [1.165, 1.54) is 0 Å². The summed E-state index contributed by atoms with van der Waals surface area (Å²) in [7, 11) is 1.12. The molecule has 0 aromatic carbocycles. The van der Waals surface area contributed by atoms with Crippen LogP contribution >= 0.6 is 0 Å². The standard InChI is InChI=1S/C9H14F3NO2/c1-13(8(14)9(10,11)12)4-5-15-6-7-2-3-7/h7H,2-6H2,1H3. The van der Waals surface area contributed by atoms with E-state index >= 15 is 0 Å². The molecule has 1 amide bonds. The topological polar surface area (TPSA) is 29.5 Å². The van der Waals surface area contributed by atoms with E-state index in [2.05, 4.69) is 0 Å². The molecule has 0 unspecified atom stereocenters. The van der Waals surface area contributed by atoms with Crippen LogP contribution in [0, 0.1) is 5.92 Å². The van der Waals surface area contributed by atoms with Crippen LogP contribution in [0.25, 0.3) is 0 Å². The first-order valence-corrected chi connectivity index (χ1v) is 4.81. The van der Waals surface area contributed by atoms with Gasteiger partial charge in [-0.1, -0.05) is 0 Å². The van der Waals surface area contributed by atoms with Crippen molar-refractivity contribution in [3.8, 4) is 0 Å². The van der Waals surface area contributed by atoms with Crippen LogP contribution in [0.4, 0.5) is 13.2 Å². The molecule has 1 saturated carbocycles. The first kappa shape index (κ1) is 12.3. The summed E-state index contributed by atoms with van der Waals surface area (Å²) in [5.41, 5.74) is 0. The molecule has 0 atom stereocenters. The van der Waals surface area contributed by atoms with E-state index in [9.17, 15) is 18.0 Å². The van der Waals surface area contributed by atoms with Gasteiger partial charge in [-0.3, -0.25) is 4.79 Å². The highest BCUT2D eigenvalue weighted by Gasteiger charge is 2.40. The number of carbonyl (C=O) groups excluding carboxylic acids is 1. The number of hydrogen-bond donors (Lipinski definition) is 0.